The standard InChI is InChI=1S/C27H36N6O8S/c1-16(30-20(34)12-14-33-21(35)10-11-22(33)36)23(37)32-19(5-4-13-29-26(28)40)24(38)31-18-8-6-17(7-9-18)15-41-25(39)27(2,3)42/h6-11,16,19,42H,4-5,12-15H2,1-3H3,(H,30,34)(H,31,38)(H,32,37)(H3,28,29,40)/t16-,19-/m0/s1. The van der Waals surface area contributed by atoms with E-state index < -0.39 is 58.4 Å². The van der Waals surface area contributed by atoms with Gasteiger partial charge in [0.25, 0.3) is 11.8 Å². The second kappa shape index (κ2) is 15.6. The van der Waals surface area contributed by atoms with E-state index in [0.717, 1.165) is 17.1 Å². The third-order valence-electron chi connectivity index (χ3n) is 5.93. The highest BCUT2D eigenvalue weighted by molar-refractivity contribution is 7.82. The van der Waals surface area contributed by atoms with Gasteiger partial charge in [0.15, 0.2) is 0 Å². The zero-order valence-electron chi connectivity index (χ0n) is 23.6. The van der Waals surface area contributed by atoms with Crippen LogP contribution in [0.3, 0.4) is 0 Å². The van der Waals surface area contributed by atoms with Crippen molar-refractivity contribution in [2.24, 2.45) is 5.73 Å². The Hall–Kier alpha value is -4.40. The molecular weight excluding hydrogens is 568 g/mol. The Bertz CT molecular complexity index is 1210. The molecule has 228 valence electrons. The van der Waals surface area contributed by atoms with Crippen LogP contribution in [0.5, 0.6) is 0 Å². The van der Waals surface area contributed by atoms with E-state index in [9.17, 15) is 33.6 Å². The summed E-state index contributed by atoms with van der Waals surface area (Å²) in [6, 6.07) is 3.74. The number of hydrogen-bond donors (Lipinski definition) is 6. The van der Waals surface area contributed by atoms with Crippen molar-refractivity contribution in [3.8, 4) is 0 Å². The first-order valence-electron chi connectivity index (χ1n) is 13.1. The van der Waals surface area contributed by atoms with Gasteiger partial charge >= 0.3 is 12.0 Å². The van der Waals surface area contributed by atoms with Crippen molar-refractivity contribution in [1.29, 1.82) is 0 Å². The van der Waals surface area contributed by atoms with Gasteiger partial charge in [-0.05, 0) is 51.3 Å². The van der Waals surface area contributed by atoms with Gasteiger partial charge in [0.05, 0.1) is 0 Å². The molecule has 0 radical (unpaired) electrons. The average Bonchev–Trinajstić information content (AvgIpc) is 3.24. The number of nitrogens with two attached hydrogens (primary N) is 1. The minimum absolute atomic E-state index is 0.0216. The Kier molecular flexibility index (Phi) is 12.5. The van der Waals surface area contributed by atoms with Crippen molar-refractivity contribution in [2.45, 2.75) is 63.5 Å². The number of amides is 7. The minimum atomic E-state index is -1.04. The Labute approximate surface area is 248 Å². The Morgan fingerprint density at radius 1 is 1.00 bits per heavy atom. The number of thiol groups is 1. The van der Waals surface area contributed by atoms with Crippen molar-refractivity contribution in [3.05, 3.63) is 42.0 Å². The fourth-order valence-corrected chi connectivity index (χ4v) is 3.63. The van der Waals surface area contributed by atoms with Crippen LogP contribution >= 0.6 is 12.6 Å². The first-order valence-corrected chi connectivity index (χ1v) is 13.6. The molecule has 0 aromatic heterocycles. The lowest BCUT2D eigenvalue weighted by atomic mass is 10.1. The molecule has 1 aromatic carbocycles. The number of primary amides is 1. The van der Waals surface area contributed by atoms with Gasteiger partial charge in [-0.3, -0.25) is 33.7 Å². The van der Waals surface area contributed by atoms with Crippen LogP contribution in [0.2, 0.25) is 0 Å². The lowest BCUT2D eigenvalue weighted by Gasteiger charge is -2.22. The number of urea groups is 1. The number of esters is 1. The second-order valence-electron chi connectivity index (χ2n) is 10.0. The smallest absolute Gasteiger partial charge is 0.321 e. The molecule has 0 saturated carbocycles. The van der Waals surface area contributed by atoms with Gasteiger partial charge in [0, 0.05) is 37.3 Å². The van der Waals surface area contributed by atoms with Gasteiger partial charge in [-0.15, -0.1) is 0 Å². The molecule has 0 saturated heterocycles. The number of nitrogens with one attached hydrogen (secondary N) is 4. The molecule has 42 heavy (non-hydrogen) atoms. The van der Waals surface area contributed by atoms with Crippen molar-refractivity contribution in [3.63, 3.8) is 0 Å². The molecule has 0 spiro atoms. The second-order valence-corrected chi connectivity index (χ2v) is 11.1. The molecule has 7 amide bonds. The number of benzene rings is 1. The van der Waals surface area contributed by atoms with E-state index in [0.29, 0.717) is 17.7 Å². The summed E-state index contributed by atoms with van der Waals surface area (Å²) in [5.41, 5.74) is 6.17. The maximum atomic E-state index is 13.1. The van der Waals surface area contributed by atoms with Crippen LogP contribution in [-0.2, 0) is 40.1 Å². The van der Waals surface area contributed by atoms with Crippen molar-refractivity contribution in [2.75, 3.05) is 18.4 Å². The summed E-state index contributed by atoms with van der Waals surface area (Å²) < 4.78 is 4.28. The van der Waals surface area contributed by atoms with Crippen LogP contribution in [-0.4, -0.2) is 76.4 Å². The molecule has 1 aliphatic heterocycles. The molecule has 1 aliphatic rings. The number of anilines is 1. The number of rotatable bonds is 15. The predicted molar refractivity (Wildman–Crippen MR) is 155 cm³/mol. The van der Waals surface area contributed by atoms with Crippen molar-refractivity contribution < 1.29 is 38.3 Å². The fourth-order valence-electron chi connectivity index (χ4n) is 3.57. The Balaban J connectivity index is 1.95. The van der Waals surface area contributed by atoms with Crippen molar-refractivity contribution in [1.82, 2.24) is 20.9 Å². The molecule has 6 N–H and O–H groups in total. The van der Waals surface area contributed by atoms with E-state index >= 15 is 0 Å². The largest absolute Gasteiger partial charge is 0.460 e. The fraction of sp³-hybridized carbons (Fsp3) is 0.444. The molecule has 14 nitrogen and oxygen atoms in total. The van der Waals surface area contributed by atoms with E-state index in [-0.39, 0.29) is 32.5 Å². The molecule has 2 rings (SSSR count). The number of imide groups is 1. The monoisotopic (exact) mass is 604 g/mol. The summed E-state index contributed by atoms with van der Waals surface area (Å²) in [6.45, 7) is 4.70. The topological polar surface area (TPSA) is 206 Å². The summed E-state index contributed by atoms with van der Waals surface area (Å²) in [7, 11) is 0. The number of hydrogen-bond acceptors (Lipinski definition) is 9. The molecule has 2 atom stereocenters. The van der Waals surface area contributed by atoms with E-state index in [1.807, 2.05) is 0 Å². The summed E-state index contributed by atoms with van der Waals surface area (Å²) in [4.78, 5) is 85.2. The average molecular weight is 605 g/mol. The SMILES string of the molecule is C[C@H](NC(=O)CCN1C(=O)C=CC1=O)C(=O)N[C@@H](CCCNC(N)=O)C(=O)Nc1ccc(COC(=O)C(C)(C)S)cc1. The first-order chi connectivity index (χ1) is 19.7. The van der Waals surface area contributed by atoms with Crippen LogP contribution in [0.15, 0.2) is 36.4 Å². The zero-order valence-corrected chi connectivity index (χ0v) is 24.5. The zero-order chi connectivity index (χ0) is 31.4. The van der Waals surface area contributed by atoms with Crippen LogP contribution in [0.1, 0.15) is 45.6 Å². The van der Waals surface area contributed by atoms with E-state index in [1.54, 1.807) is 38.1 Å². The maximum absolute atomic E-state index is 13.1. The van der Waals surface area contributed by atoms with Gasteiger partial charge in [-0.25, -0.2) is 4.79 Å². The van der Waals surface area contributed by atoms with E-state index in [4.69, 9.17) is 10.5 Å². The van der Waals surface area contributed by atoms with Crippen molar-refractivity contribution >= 4 is 59.9 Å². The van der Waals surface area contributed by atoms with Gasteiger partial charge < -0.3 is 31.7 Å². The molecule has 0 bridgehead atoms. The van der Waals surface area contributed by atoms with Gasteiger partial charge in [0.1, 0.15) is 23.4 Å². The highest BCUT2D eigenvalue weighted by Gasteiger charge is 2.27. The molecule has 1 heterocycles. The first kappa shape index (κ1) is 33.8. The van der Waals surface area contributed by atoms with Crippen LogP contribution in [0.4, 0.5) is 10.5 Å². The lowest BCUT2D eigenvalue weighted by Crippen LogP contribution is -2.52. The van der Waals surface area contributed by atoms with E-state index in [2.05, 4.69) is 33.9 Å². The number of carbonyl (C=O) groups is 7. The third-order valence-corrected chi connectivity index (χ3v) is 6.11. The molecule has 0 unspecified atom stereocenters. The Morgan fingerprint density at radius 2 is 1.62 bits per heavy atom. The normalized spacial score (nSPS) is 14.1. The highest BCUT2D eigenvalue weighted by atomic mass is 32.1. The number of nitrogens with zero attached hydrogens (tertiary/aromatic N) is 1. The number of carbonyl (C=O) groups excluding carboxylic acids is 7. The molecule has 15 heteroatoms. The van der Waals surface area contributed by atoms with Crippen LogP contribution in [0, 0.1) is 0 Å². The van der Waals surface area contributed by atoms with E-state index in [1.165, 1.54) is 6.92 Å². The molecule has 1 aromatic rings. The van der Waals surface area contributed by atoms with Crippen LogP contribution in [0.25, 0.3) is 0 Å². The molecule has 0 aliphatic carbocycles. The molecule has 0 fully saturated rings. The maximum Gasteiger partial charge on any atom is 0.321 e. The summed E-state index contributed by atoms with van der Waals surface area (Å²) in [5.74, 6) is -3.28. The van der Waals surface area contributed by atoms with Gasteiger partial charge in [-0.1, -0.05) is 12.1 Å². The quantitative estimate of drug-likeness (QED) is 0.0700. The summed E-state index contributed by atoms with van der Waals surface area (Å²) in [6.07, 6.45) is 2.45. The Morgan fingerprint density at radius 3 is 2.19 bits per heavy atom. The summed E-state index contributed by atoms with van der Waals surface area (Å²) >= 11 is 4.17. The third kappa shape index (κ3) is 11.2. The predicted octanol–water partition coefficient (Wildman–Crippen LogP) is 0.130. The van der Waals surface area contributed by atoms with Gasteiger partial charge in [0.2, 0.25) is 17.7 Å². The highest BCUT2D eigenvalue weighted by Crippen LogP contribution is 2.17. The van der Waals surface area contributed by atoms with Gasteiger partial charge in [-0.2, -0.15) is 12.6 Å². The molecular formula is C27H36N6O8S. The number of ether oxygens (including phenoxy) is 1. The lowest BCUT2D eigenvalue weighted by molar-refractivity contribution is -0.147. The minimum Gasteiger partial charge on any atom is -0.460 e. The summed E-state index contributed by atoms with van der Waals surface area (Å²) in [5, 5.41) is 10.2. The van der Waals surface area contributed by atoms with Crippen LogP contribution < -0.4 is 27.0 Å².